The van der Waals surface area contributed by atoms with Crippen molar-refractivity contribution in [1.29, 1.82) is 0 Å². The summed E-state index contributed by atoms with van der Waals surface area (Å²) in [7, 11) is 3.02. The molecule has 0 amide bonds. The fourth-order valence-electron chi connectivity index (χ4n) is 4.49. The van der Waals surface area contributed by atoms with Gasteiger partial charge < -0.3 is 13.9 Å². The van der Waals surface area contributed by atoms with E-state index in [1.54, 1.807) is 47.0 Å². The van der Waals surface area contributed by atoms with Crippen molar-refractivity contribution in [2.24, 2.45) is 0 Å². The van der Waals surface area contributed by atoms with E-state index in [4.69, 9.17) is 31.1 Å². The van der Waals surface area contributed by atoms with E-state index in [-0.39, 0.29) is 22.0 Å². The van der Waals surface area contributed by atoms with Crippen molar-refractivity contribution < 1.29 is 18.7 Å². The fraction of sp³-hybridized carbons (Fsp3) is 0.100. The Bertz CT molecular complexity index is 2170. The number of nitrogens with zero attached hydrogens (tertiary/aromatic N) is 3. The lowest BCUT2D eigenvalue weighted by Gasteiger charge is -2.15. The Hall–Kier alpha value is -4.52. The smallest absolute Gasteiger partial charge is 0.347 e. The van der Waals surface area contributed by atoms with Crippen LogP contribution in [0.25, 0.3) is 32.7 Å². The van der Waals surface area contributed by atoms with E-state index < -0.39 is 11.4 Å². The molecule has 0 saturated heterocycles. The molecular weight excluding hydrogens is 595 g/mol. The van der Waals surface area contributed by atoms with E-state index in [2.05, 4.69) is 0 Å². The highest BCUT2D eigenvalue weighted by Gasteiger charge is 2.22. The summed E-state index contributed by atoms with van der Waals surface area (Å²) in [5.74, 6) is 0.265. The van der Waals surface area contributed by atoms with E-state index >= 15 is 0 Å². The Morgan fingerprint density at radius 2 is 1.67 bits per heavy atom. The molecule has 3 aromatic carbocycles. The molecule has 9 nitrogen and oxygen atoms in total. The molecule has 0 spiro atoms. The van der Waals surface area contributed by atoms with Gasteiger partial charge in [0.1, 0.15) is 15.8 Å². The molecule has 6 aromatic rings. The van der Waals surface area contributed by atoms with Crippen LogP contribution in [0.3, 0.4) is 0 Å². The topological polar surface area (TPSA) is 106 Å². The van der Waals surface area contributed by atoms with Gasteiger partial charge in [-0.25, -0.2) is 9.78 Å². The SMILES string of the molecule is COc1ccc(-n2c(SCC(=O)c3cc4ccccc4oc3=O)nc3c(sc(=S)n3-c3ccccc3)c2=O)cc1OC. The number of fused-ring (bicyclic) bond motifs is 2. The van der Waals surface area contributed by atoms with Gasteiger partial charge in [0.05, 0.1) is 25.7 Å². The number of benzene rings is 3. The lowest BCUT2D eigenvalue weighted by Crippen LogP contribution is -2.22. The van der Waals surface area contributed by atoms with Gasteiger partial charge in [-0.3, -0.25) is 18.7 Å². The summed E-state index contributed by atoms with van der Waals surface area (Å²) in [4.78, 5) is 44.8. The summed E-state index contributed by atoms with van der Waals surface area (Å²) in [6.07, 6.45) is 0. The van der Waals surface area contributed by atoms with Gasteiger partial charge in [-0.1, -0.05) is 59.5 Å². The van der Waals surface area contributed by atoms with Crippen molar-refractivity contribution in [3.8, 4) is 22.9 Å². The van der Waals surface area contributed by atoms with Crippen LogP contribution in [0.5, 0.6) is 11.5 Å². The van der Waals surface area contributed by atoms with Crippen LogP contribution in [0.4, 0.5) is 0 Å². The quantitative estimate of drug-likeness (QED) is 0.0664. The van der Waals surface area contributed by atoms with Crippen LogP contribution in [-0.4, -0.2) is 39.9 Å². The van der Waals surface area contributed by atoms with E-state index in [0.29, 0.717) is 42.5 Å². The lowest BCUT2D eigenvalue weighted by atomic mass is 10.1. The molecule has 6 rings (SSSR count). The maximum absolute atomic E-state index is 14.1. The number of rotatable bonds is 8. The minimum atomic E-state index is -0.726. The minimum Gasteiger partial charge on any atom is -0.493 e. The zero-order valence-corrected chi connectivity index (χ0v) is 24.7. The van der Waals surface area contributed by atoms with Gasteiger partial charge in [-0.05, 0) is 48.6 Å². The Balaban J connectivity index is 1.50. The molecule has 0 aliphatic rings. The van der Waals surface area contributed by atoms with Crippen LogP contribution in [0, 0.1) is 3.95 Å². The van der Waals surface area contributed by atoms with Crippen LogP contribution in [0.15, 0.2) is 98.0 Å². The molecule has 0 saturated carbocycles. The molecule has 12 heteroatoms. The summed E-state index contributed by atoms with van der Waals surface area (Å²) < 4.78 is 20.1. The van der Waals surface area contributed by atoms with Crippen LogP contribution in [-0.2, 0) is 0 Å². The molecule has 210 valence electrons. The van der Waals surface area contributed by atoms with Crippen LogP contribution in [0.1, 0.15) is 10.4 Å². The summed E-state index contributed by atoms with van der Waals surface area (Å²) in [5.41, 5.74) is 0.809. The monoisotopic (exact) mass is 615 g/mol. The number of methoxy groups -OCH3 is 2. The number of Topliss-reactive ketones (excluding diaryl/α,β-unsaturated/α-hetero) is 1. The minimum absolute atomic E-state index is 0.0787. The number of para-hydroxylation sites is 2. The van der Waals surface area contributed by atoms with Gasteiger partial charge in [-0.15, -0.1) is 0 Å². The lowest BCUT2D eigenvalue weighted by molar-refractivity contribution is 0.101. The standard InChI is InChI=1S/C30H21N3O6S3/c1-37-23-13-12-19(15-24(23)38-2)33-27(35)25-26(32(30(40)42-25)18-9-4-3-5-10-18)31-29(33)41-16-21(34)20-14-17-8-6-7-11-22(17)39-28(20)36/h3-15H,16H2,1-2H3. The van der Waals surface area contributed by atoms with Crippen molar-refractivity contribution in [2.75, 3.05) is 20.0 Å². The number of thioether (sulfide) groups is 1. The number of hydrogen-bond donors (Lipinski definition) is 0. The van der Waals surface area contributed by atoms with Crippen molar-refractivity contribution in [1.82, 2.24) is 14.1 Å². The van der Waals surface area contributed by atoms with Crippen molar-refractivity contribution in [3.05, 3.63) is 109 Å². The van der Waals surface area contributed by atoms with Gasteiger partial charge in [0, 0.05) is 17.1 Å². The third-order valence-corrected chi connectivity index (χ3v) is 8.78. The molecule has 0 unspecified atom stereocenters. The van der Waals surface area contributed by atoms with Gasteiger partial charge >= 0.3 is 5.63 Å². The first-order valence-electron chi connectivity index (χ1n) is 12.5. The molecule has 3 heterocycles. The second-order valence-corrected chi connectivity index (χ2v) is 11.5. The number of thiazole rings is 1. The second kappa shape index (κ2) is 11.4. The average molecular weight is 616 g/mol. The van der Waals surface area contributed by atoms with Gasteiger partial charge in [0.15, 0.2) is 32.0 Å². The average Bonchev–Trinajstić information content (AvgIpc) is 3.35. The molecule has 0 atom stereocenters. The normalized spacial score (nSPS) is 11.2. The molecule has 42 heavy (non-hydrogen) atoms. The zero-order chi connectivity index (χ0) is 29.4. The Kier molecular flexibility index (Phi) is 7.50. The molecule has 0 bridgehead atoms. The molecule has 0 aliphatic carbocycles. The first-order chi connectivity index (χ1) is 20.4. The number of ether oxygens (including phenoxy) is 2. The van der Waals surface area contributed by atoms with Gasteiger partial charge in [0.2, 0.25) is 0 Å². The first kappa shape index (κ1) is 27.6. The first-order valence-corrected chi connectivity index (χ1v) is 14.8. The Labute approximate surface area is 251 Å². The number of carbonyl (C=O) groups excluding carboxylic acids is 1. The van der Waals surface area contributed by atoms with E-state index in [1.807, 2.05) is 30.3 Å². The molecule has 0 aliphatic heterocycles. The third-order valence-electron chi connectivity index (χ3n) is 6.49. The van der Waals surface area contributed by atoms with Crippen LogP contribution >= 0.6 is 35.3 Å². The zero-order valence-electron chi connectivity index (χ0n) is 22.2. The van der Waals surface area contributed by atoms with E-state index in [1.165, 1.54) is 24.9 Å². The summed E-state index contributed by atoms with van der Waals surface area (Å²) in [5, 5.41) is 0.864. The Morgan fingerprint density at radius 3 is 2.43 bits per heavy atom. The maximum Gasteiger partial charge on any atom is 0.347 e. The molecule has 0 fully saturated rings. The number of ketones is 1. The maximum atomic E-state index is 14.1. The van der Waals surface area contributed by atoms with E-state index in [0.717, 1.165) is 28.8 Å². The molecule has 0 N–H and O–H groups in total. The highest BCUT2D eigenvalue weighted by atomic mass is 32.2. The molecule has 3 aromatic heterocycles. The summed E-state index contributed by atoms with van der Waals surface area (Å²) in [6.45, 7) is 0. The fourth-order valence-corrected chi connectivity index (χ4v) is 6.68. The van der Waals surface area contributed by atoms with Crippen LogP contribution < -0.4 is 20.7 Å². The van der Waals surface area contributed by atoms with Crippen molar-refractivity contribution in [2.45, 2.75) is 5.16 Å². The number of hydrogen-bond acceptors (Lipinski definition) is 10. The largest absolute Gasteiger partial charge is 0.493 e. The van der Waals surface area contributed by atoms with Gasteiger partial charge in [0.25, 0.3) is 5.56 Å². The van der Waals surface area contributed by atoms with Crippen LogP contribution in [0.2, 0.25) is 0 Å². The van der Waals surface area contributed by atoms with Crippen molar-refractivity contribution >= 4 is 62.4 Å². The van der Waals surface area contributed by atoms with E-state index in [9.17, 15) is 14.4 Å². The highest BCUT2D eigenvalue weighted by molar-refractivity contribution is 7.99. The van der Waals surface area contributed by atoms with Gasteiger partial charge in [-0.2, -0.15) is 0 Å². The highest BCUT2D eigenvalue weighted by Crippen LogP contribution is 2.32. The van der Waals surface area contributed by atoms with Crippen molar-refractivity contribution in [3.63, 3.8) is 0 Å². The predicted octanol–water partition coefficient (Wildman–Crippen LogP) is 6.07. The predicted molar refractivity (Wildman–Crippen MR) is 166 cm³/mol. The summed E-state index contributed by atoms with van der Waals surface area (Å²) in [6, 6.07) is 22.9. The Morgan fingerprint density at radius 1 is 0.929 bits per heavy atom. The summed E-state index contributed by atoms with van der Waals surface area (Å²) >= 11 is 7.83. The third kappa shape index (κ3) is 4.93. The molecular formula is C30H21N3O6S3. The number of aromatic nitrogens is 3. The molecule has 0 radical (unpaired) electrons. The second-order valence-electron chi connectivity index (χ2n) is 8.96. The number of carbonyl (C=O) groups is 1.